The molecule has 0 spiro atoms. The Kier molecular flexibility index (Phi) is 6.82. The van der Waals surface area contributed by atoms with Gasteiger partial charge in [-0.1, -0.05) is 36.4 Å². The maximum Gasteiger partial charge on any atom is 0.251 e. The van der Waals surface area contributed by atoms with Gasteiger partial charge in [0.15, 0.2) is 0 Å². The fourth-order valence-electron chi connectivity index (χ4n) is 2.25. The second kappa shape index (κ2) is 9.08. The van der Waals surface area contributed by atoms with Gasteiger partial charge >= 0.3 is 0 Å². The quantitative estimate of drug-likeness (QED) is 0.802. The molecule has 0 heterocycles. The molecule has 0 bridgehead atoms. The second-order valence-corrected chi connectivity index (χ2v) is 5.72. The fraction of sp³-hybridized carbons (Fsp3) is 0.350. The monoisotopic (exact) mass is 327 g/mol. The summed E-state index contributed by atoms with van der Waals surface area (Å²) in [7, 11) is 0. The van der Waals surface area contributed by atoms with E-state index in [1.807, 2.05) is 63.2 Å². The van der Waals surface area contributed by atoms with Gasteiger partial charge in [-0.25, -0.2) is 0 Å². The van der Waals surface area contributed by atoms with Gasteiger partial charge in [0.05, 0.1) is 25.4 Å². The number of benzene rings is 2. The Labute approximate surface area is 143 Å². The third kappa shape index (κ3) is 5.39. The SMILES string of the molecule is CCOc1cccc(C(=O)N[C@H](C)C(C)OCc2ccccc2)c1. The van der Waals surface area contributed by atoms with Crippen LogP contribution in [0.4, 0.5) is 0 Å². The highest BCUT2D eigenvalue weighted by molar-refractivity contribution is 5.94. The average Bonchev–Trinajstić information content (AvgIpc) is 2.61. The van der Waals surface area contributed by atoms with Crippen molar-refractivity contribution in [1.29, 1.82) is 0 Å². The lowest BCUT2D eigenvalue weighted by Gasteiger charge is -2.22. The summed E-state index contributed by atoms with van der Waals surface area (Å²) in [5.41, 5.74) is 1.70. The van der Waals surface area contributed by atoms with Crippen molar-refractivity contribution in [2.45, 2.75) is 39.5 Å². The highest BCUT2D eigenvalue weighted by atomic mass is 16.5. The Balaban J connectivity index is 1.87. The zero-order valence-corrected chi connectivity index (χ0v) is 14.5. The second-order valence-electron chi connectivity index (χ2n) is 5.72. The van der Waals surface area contributed by atoms with Gasteiger partial charge in [0, 0.05) is 5.56 Å². The van der Waals surface area contributed by atoms with E-state index in [0.717, 1.165) is 5.56 Å². The molecule has 0 saturated carbocycles. The van der Waals surface area contributed by atoms with Gasteiger partial charge in [-0.3, -0.25) is 4.79 Å². The van der Waals surface area contributed by atoms with Crippen LogP contribution < -0.4 is 10.1 Å². The molecule has 0 aliphatic carbocycles. The maximum absolute atomic E-state index is 12.4. The van der Waals surface area contributed by atoms with E-state index in [1.165, 1.54) is 0 Å². The minimum Gasteiger partial charge on any atom is -0.494 e. The summed E-state index contributed by atoms with van der Waals surface area (Å²) in [6.07, 6.45) is -0.0933. The summed E-state index contributed by atoms with van der Waals surface area (Å²) >= 11 is 0. The molecule has 0 aliphatic heterocycles. The molecule has 2 aromatic carbocycles. The topological polar surface area (TPSA) is 47.6 Å². The molecule has 1 amide bonds. The first-order valence-electron chi connectivity index (χ1n) is 8.29. The highest BCUT2D eigenvalue weighted by Crippen LogP contribution is 2.14. The molecule has 4 nitrogen and oxygen atoms in total. The summed E-state index contributed by atoms with van der Waals surface area (Å²) in [6, 6.07) is 17.1. The summed E-state index contributed by atoms with van der Waals surface area (Å²) in [4.78, 5) is 12.4. The van der Waals surface area contributed by atoms with E-state index in [1.54, 1.807) is 12.1 Å². The number of hydrogen-bond donors (Lipinski definition) is 1. The average molecular weight is 327 g/mol. The Bertz CT molecular complexity index is 642. The highest BCUT2D eigenvalue weighted by Gasteiger charge is 2.16. The van der Waals surface area contributed by atoms with Crippen LogP contribution in [0.5, 0.6) is 5.75 Å². The van der Waals surface area contributed by atoms with Gasteiger partial charge < -0.3 is 14.8 Å². The van der Waals surface area contributed by atoms with E-state index in [0.29, 0.717) is 24.5 Å². The number of amides is 1. The van der Waals surface area contributed by atoms with Crippen LogP contribution in [0.1, 0.15) is 36.7 Å². The lowest BCUT2D eigenvalue weighted by molar-refractivity contribution is 0.0302. The fourth-order valence-corrected chi connectivity index (χ4v) is 2.25. The lowest BCUT2D eigenvalue weighted by Crippen LogP contribution is -2.41. The normalized spacial score (nSPS) is 13.1. The molecular weight excluding hydrogens is 302 g/mol. The number of rotatable bonds is 8. The molecule has 0 aliphatic rings. The van der Waals surface area contributed by atoms with Crippen LogP contribution in [0.3, 0.4) is 0 Å². The molecule has 0 saturated heterocycles. The predicted molar refractivity (Wildman–Crippen MR) is 95.2 cm³/mol. The molecule has 24 heavy (non-hydrogen) atoms. The van der Waals surface area contributed by atoms with Gasteiger partial charge in [-0.05, 0) is 44.5 Å². The van der Waals surface area contributed by atoms with Crippen LogP contribution in [0.15, 0.2) is 54.6 Å². The number of hydrogen-bond acceptors (Lipinski definition) is 3. The third-order valence-corrected chi connectivity index (χ3v) is 3.83. The lowest BCUT2D eigenvalue weighted by atomic mass is 10.1. The number of carbonyl (C=O) groups is 1. The molecule has 2 atom stereocenters. The van der Waals surface area contributed by atoms with Gasteiger partial charge in [-0.2, -0.15) is 0 Å². The van der Waals surface area contributed by atoms with Crippen molar-refractivity contribution in [2.75, 3.05) is 6.61 Å². The van der Waals surface area contributed by atoms with Crippen molar-refractivity contribution in [3.63, 3.8) is 0 Å². The Morgan fingerprint density at radius 3 is 2.54 bits per heavy atom. The van der Waals surface area contributed by atoms with Crippen LogP contribution >= 0.6 is 0 Å². The van der Waals surface area contributed by atoms with Crippen LogP contribution in [0.2, 0.25) is 0 Å². The Morgan fingerprint density at radius 1 is 1.08 bits per heavy atom. The first kappa shape index (κ1) is 18.0. The van der Waals surface area contributed by atoms with Crippen LogP contribution in [-0.4, -0.2) is 24.7 Å². The summed E-state index contributed by atoms with van der Waals surface area (Å²) in [5, 5.41) is 2.98. The predicted octanol–water partition coefficient (Wildman–Crippen LogP) is 3.81. The van der Waals surface area contributed by atoms with Gasteiger partial charge in [-0.15, -0.1) is 0 Å². The molecule has 1 N–H and O–H groups in total. The van der Waals surface area contributed by atoms with Crippen LogP contribution in [-0.2, 0) is 11.3 Å². The third-order valence-electron chi connectivity index (χ3n) is 3.83. The van der Waals surface area contributed by atoms with Gasteiger partial charge in [0.1, 0.15) is 5.75 Å². The molecular formula is C20H25NO3. The zero-order valence-electron chi connectivity index (χ0n) is 14.5. The van der Waals surface area contributed by atoms with Gasteiger partial charge in [0.2, 0.25) is 0 Å². The minimum absolute atomic E-state index is 0.0933. The molecule has 0 fully saturated rings. The standard InChI is InChI=1S/C20H25NO3/c1-4-23-19-12-8-11-18(13-19)20(22)21-15(2)16(3)24-14-17-9-6-5-7-10-17/h5-13,15-16H,4,14H2,1-3H3,(H,21,22)/t15-,16?/m1/s1. The largest absolute Gasteiger partial charge is 0.494 e. The zero-order chi connectivity index (χ0) is 17.4. The number of nitrogens with one attached hydrogen (secondary N) is 1. The molecule has 4 heteroatoms. The van der Waals surface area contributed by atoms with Crippen molar-refractivity contribution < 1.29 is 14.3 Å². The van der Waals surface area contributed by atoms with Crippen LogP contribution in [0.25, 0.3) is 0 Å². The van der Waals surface area contributed by atoms with Crippen molar-refractivity contribution in [1.82, 2.24) is 5.32 Å². The number of ether oxygens (including phenoxy) is 2. The van der Waals surface area contributed by atoms with Gasteiger partial charge in [0.25, 0.3) is 5.91 Å². The number of carbonyl (C=O) groups excluding carboxylic acids is 1. The summed E-state index contributed by atoms with van der Waals surface area (Å²) < 4.78 is 11.3. The van der Waals surface area contributed by atoms with E-state index >= 15 is 0 Å². The summed E-state index contributed by atoms with van der Waals surface area (Å²) in [6.45, 7) is 6.93. The minimum atomic E-state index is -0.126. The Morgan fingerprint density at radius 2 is 1.83 bits per heavy atom. The van der Waals surface area contributed by atoms with Crippen molar-refractivity contribution in [2.24, 2.45) is 0 Å². The van der Waals surface area contributed by atoms with E-state index in [9.17, 15) is 4.79 Å². The van der Waals surface area contributed by atoms with E-state index in [-0.39, 0.29) is 18.1 Å². The molecule has 2 rings (SSSR count). The first-order valence-corrected chi connectivity index (χ1v) is 8.29. The smallest absolute Gasteiger partial charge is 0.251 e. The van der Waals surface area contributed by atoms with Crippen molar-refractivity contribution >= 4 is 5.91 Å². The van der Waals surface area contributed by atoms with E-state index < -0.39 is 0 Å². The van der Waals surface area contributed by atoms with Crippen molar-refractivity contribution in [3.05, 3.63) is 65.7 Å². The molecule has 2 aromatic rings. The van der Waals surface area contributed by atoms with E-state index in [4.69, 9.17) is 9.47 Å². The molecule has 0 radical (unpaired) electrons. The molecule has 128 valence electrons. The first-order chi connectivity index (χ1) is 11.6. The van der Waals surface area contributed by atoms with Crippen LogP contribution in [0, 0.1) is 0 Å². The Hall–Kier alpha value is -2.33. The maximum atomic E-state index is 12.4. The molecule has 0 aromatic heterocycles. The van der Waals surface area contributed by atoms with E-state index in [2.05, 4.69) is 5.32 Å². The van der Waals surface area contributed by atoms with Crippen molar-refractivity contribution in [3.8, 4) is 5.75 Å². The molecule has 1 unspecified atom stereocenters. The summed E-state index contributed by atoms with van der Waals surface area (Å²) in [5.74, 6) is 0.574.